The topological polar surface area (TPSA) is 35.2 Å². The van der Waals surface area contributed by atoms with Crippen LogP contribution in [-0.2, 0) is 0 Å². The van der Waals surface area contributed by atoms with Gasteiger partial charge in [0.1, 0.15) is 5.75 Å². The zero-order chi connectivity index (χ0) is 13.3. The molecule has 0 fully saturated rings. The van der Waals surface area contributed by atoms with E-state index in [1.165, 1.54) is 0 Å². The van der Waals surface area contributed by atoms with Crippen LogP contribution in [0.3, 0.4) is 0 Å². The number of aryl methyl sites for hydroxylation is 2. The minimum atomic E-state index is 0.549. The first-order valence-corrected chi connectivity index (χ1v) is 6.22. The maximum atomic E-state index is 5.98. The van der Waals surface area contributed by atoms with E-state index in [4.69, 9.17) is 33.7 Å². The largest absolute Gasteiger partial charge is 0.455 e. The number of ether oxygens (including phenoxy) is 1. The molecule has 2 aromatic carbocycles. The molecule has 0 aliphatic heterocycles. The van der Waals surface area contributed by atoms with Gasteiger partial charge >= 0.3 is 0 Å². The van der Waals surface area contributed by atoms with E-state index < -0.39 is 0 Å². The van der Waals surface area contributed by atoms with Crippen LogP contribution in [0.5, 0.6) is 11.5 Å². The predicted octanol–water partition coefficient (Wildman–Crippen LogP) is 4.98. The molecule has 0 spiro atoms. The van der Waals surface area contributed by atoms with Crippen LogP contribution < -0.4 is 10.5 Å². The fraction of sp³-hybridized carbons (Fsp3) is 0.143. The molecule has 0 unspecified atom stereocenters. The van der Waals surface area contributed by atoms with Crippen LogP contribution in [0, 0.1) is 13.8 Å². The smallest absolute Gasteiger partial charge is 0.151 e. The van der Waals surface area contributed by atoms with E-state index in [0.29, 0.717) is 21.5 Å². The summed E-state index contributed by atoms with van der Waals surface area (Å²) in [6.07, 6.45) is 0. The van der Waals surface area contributed by atoms with E-state index in [1.807, 2.05) is 26.0 Å². The molecule has 0 amide bonds. The highest BCUT2D eigenvalue weighted by atomic mass is 35.5. The molecule has 0 aliphatic carbocycles. The maximum Gasteiger partial charge on any atom is 0.151 e. The number of nitrogen functional groups attached to an aromatic ring is 1. The number of halogens is 2. The number of hydrogen-bond donors (Lipinski definition) is 1. The average molecular weight is 282 g/mol. The Bertz CT molecular complexity index is 573. The third-order valence-electron chi connectivity index (χ3n) is 2.61. The molecule has 0 aromatic heterocycles. The maximum absolute atomic E-state index is 5.98. The van der Waals surface area contributed by atoms with Crippen LogP contribution in [0.4, 0.5) is 5.69 Å². The van der Waals surface area contributed by atoms with Crippen LogP contribution in [0.1, 0.15) is 11.1 Å². The van der Waals surface area contributed by atoms with Gasteiger partial charge in [-0.15, -0.1) is 0 Å². The molecule has 0 saturated heterocycles. The van der Waals surface area contributed by atoms with Gasteiger partial charge in [0.25, 0.3) is 0 Å². The minimum Gasteiger partial charge on any atom is -0.455 e. The van der Waals surface area contributed by atoms with E-state index in [-0.39, 0.29) is 0 Å². The third kappa shape index (κ3) is 2.71. The molecule has 2 aromatic rings. The van der Waals surface area contributed by atoms with Crippen molar-refractivity contribution < 1.29 is 4.74 Å². The second-order valence-corrected chi connectivity index (χ2v) is 5.03. The lowest BCUT2D eigenvalue weighted by Gasteiger charge is -2.14. The Morgan fingerprint density at radius 1 is 0.944 bits per heavy atom. The van der Waals surface area contributed by atoms with Crippen LogP contribution in [0.2, 0.25) is 10.0 Å². The fourth-order valence-corrected chi connectivity index (χ4v) is 2.25. The third-order valence-corrected chi connectivity index (χ3v) is 3.07. The summed E-state index contributed by atoms with van der Waals surface area (Å²) in [6.45, 7) is 3.88. The van der Waals surface area contributed by atoms with Crippen molar-refractivity contribution in [3.63, 3.8) is 0 Å². The van der Waals surface area contributed by atoms with Crippen LogP contribution in [0.25, 0.3) is 0 Å². The quantitative estimate of drug-likeness (QED) is 0.788. The number of rotatable bonds is 2. The van der Waals surface area contributed by atoms with Gasteiger partial charge in [0, 0.05) is 16.1 Å². The summed E-state index contributed by atoms with van der Waals surface area (Å²) in [5.74, 6) is 1.31. The molecule has 0 bridgehead atoms. The lowest BCUT2D eigenvalue weighted by molar-refractivity contribution is 0.477. The zero-order valence-electron chi connectivity index (χ0n) is 10.1. The molecule has 4 heteroatoms. The molecule has 2 rings (SSSR count). The van der Waals surface area contributed by atoms with E-state index in [2.05, 4.69) is 0 Å². The number of hydrogen-bond acceptors (Lipinski definition) is 2. The Kier molecular flexibility index (Phi) is 3.69. The summed E-state index contributed by atoms with van der Waals surface area (Å²) < 4.78 is 5.84. The molecule has 0 atom stereocenters. The lowest BCUT2D eigenvalue weighted by atomic mass is 10.1. The van der Waals surface area contributed by atoms with Crippen LogP contribution >= 0.6 is 23.2 Å². The molecule has 18 heavy (non-hydrogen) atoms. The van der Waals surface area contributed by atoms with Crippen molar-refractivity contribution >= 4 is 28.9 Å². The van der Waals surface area contributed by atoms with Crippen LogP contribution in [0.15, 0.2) is 30.3 Å². The van der Waals surface area contributed by atoms with Gasteiger partial charge in [0.2, 0.25) is 0 Å². The summed E-state index contributed by atoms with van der Waals surface area (Å²) >= 11 is 11.9. The molecular formula is C14H13Cl2NO. The normalized spacial score (nSPS) is 10.4. The fourth-order valence-electron chi connectivity index (χ4n) is 1.76. The number of anilines is 1. The first-order chi connectivity index (χ1) is 8.47. The van der Waals surface area contributed by atoms with E-state index in [0.717, 1.165) is 16.9 Å². The Morgan fingerprint density at radius 3 is 2.17 bits per heavy atom. The first-order valence-electron chi connectivity index (χ1n) is 5.47. The van der Waals surface area contributed by atoms with Gasteiger partial charge in [0.05, 0.1) is 5.69 Å². The SMILES string of the molecule is Cc1cc(Cl)cc(C)c1Oc1cc(Cl)ccc1N. The highest BCUT2D eigenvalue weighted by molar-refractivity contribution is 6.31. The molecule has 0 aliphatic rings. The summed E-state index contributed by atoms with van der Waals surface area (Å²) in [5, 5.41) is 1.28. The van der Waals surface area contributed by atoms with Gasteiger partial charge in [-0.1, -0.05) is 23.2 Å². The van der Waals surface area contributed by atoms with Crippen molar-refractivity contribution in [3.05, 3.63) is 51.5 Å². The van der Waals surface area contributed by atoms with Crippen molar-refractivity contribution in [2.45, 2.75) is 13.8 Å². The lowest BCUT2D eigenvalue weighted by Crippen LogP contribution is -1.95. The first kappa shape index (κ1) is 13.1. The molecule has 2 nitrogen and oxygen atoms in total. The van der Waals surface area contributed by atoms with Gasteiger partial charge < -0.3 is 10.5 Å². The molecule has 0 heterocycles. The predicted molar refractivity (Wildman–Crippen MR) is 76.9 cm³/mol. The summed E-state index contributed by atoms with van der Waals surface area (Å²) in [4.78, 5) is 0. The second kappa shape index (κ2) is 5.09. The van der Waals surface area contributed by atoms with E-state index in [9.17, 15) is 0 Å². The van der Waals surface area contributed by atoms with Crippen molar-refractivity contribution in [2.75, 3.05) is 5.73 Å². The van der Waals surface area contributed by atoms with E-state index in [1.54, 1.807) is 18.2 Å². The monoisotopic (exact) mass is 281 g/mol. The van der Waals surface area contributed by atoms with Crippen molar-refractivity contribution in [1.29, 1.82) is 0 Å². The molecule has 0 radical (unpaired) electrons. The minimum absolute atomic E-state index is 0.549. The van der Waals surface area contributed by atoms with Crippen molar-refractivity contribution in [1.82, 2.24) is 0 Å². The number of benzene rings is 2. The summed E-state index contributed by atoms with van der Waals surface area (Å²) in [7, 11) is 0. The van der Waals surface area contributed by atoms with E-state index >= 15 is 0 Å². The standard InChI is InChI=1S/C14H13Cl2NO/c1-8-5-11(16)6-9(2)14(8)18-13-7-10(15)3-4-12(13)17/h3-7H,17H2,1-2H3. The Hall–Kier alpha value is -1.38. The van der Waals surface area contributed by atoms with Gasteiger partial charge in [-0.2, -0.15) is 0 Å². The molecular weight excluding hydrogens is 269 g/mol. The van der Waals surface area contributed by atoms with Crippen molar-refractivity contribution in [2.24, 2.45) is 0 Å². The Balaban J connectivity index is 2.43. The Labute approximate surface area is 116 Å². The average Bonchev–Trinajstić information content (AvgIpc) is 2.28. The summed E-state index contributed by atoms with van der Waals surface area (Å²) in [5.41, 5.74) is 8.32. The van der Waals surface area contributed by atoms with Crippen LogP contribution in [-0.4, -0.2) is 0 Å². The molecule has 94 valence electrons. The summed E-state index contributed by atoms with van der Waals surface area (Å²) in [6, 6.07) is 8.85. The van der Waals surface area contributed by atoms with Gasteiger partial charge in [-0.25, -0.2) is 0 Å². The molecule has 2 N–H and O–H groups in total. The second-order valence-electron chi connectivity index (χ2n) is 4.15. The number of nitrogens with two attached hydrogens (primary N) is 1. The van der Waals surface area contributed by atoms with Gasteiger partial charge in [-0.05, 0) is 49.2 Å². The van der Waals surface area contributed by atoms with Gasteiger partial charge in [0.15, 0.2) is 5.75 Å². The zero-order valence-corrected chi connectivity index (χ0v) is 11.6. The van der Waals surface area contributed by atoms with Gasteiger partial charge in [-0.3, -0.25) is 0 Å². The highest BCUT2D eigenvalue weighted by Crippen LogP contribution is 2.35. The highest BCUT2D eigenvalue weighted by Gasteiger charge is 2.09. The van der Waals surface area contributed by atoms with Crippen molar-refractivity contribution in [3.8, 4) is 11.5 Å². The molecule has 0 saturated carbocycles. The Morgan fingerprint density at radius 2 is 1.56 bits per heavy atom.